The van der Waals surface area contributed by atoms with E-state index in [1.54, 1.807) is 4.90 Å². The van der Waals surface area contributed by atoms with Crippen molar-refractivity contribution in [1.82, 2.24) is 25.7 Å². The predicted octanol–water partition coefficient (Wildman–Crippen LogP) is 3.68. The molecule has 0 fully saturated rings. The molecule has 8 heteroatoms. The molecule has 2 amide bonds. The molecule has 0 unspecified atom stereocenters. The standard InChI is InChI=1S/C32H46N6O2/c1-7-10-14-27(17-18-28-25(6)36-37-31(28)33)21-35-29(39)22-38(24(5)9-3)32(40)30(23(4)8-2)34-20-19-26-15-12-11-13-16-26/h9,11-13,15-18,34,36H,6-8,10,14,19-22H2,1-5H3,(H2,33,37)(H,35,39)/b24-9-,27-17+,28-18+,30-23-. The molecule has 1 heterocycles. The minimum atomic E-state index is -0.226. The monoisotopic (exact) mass is 546 g/mol. The first-order valence-electron chi connectivity index (χ1n) is 14.1. The highest BCUT2D eigenvalue weighted by atomic mass is 16.2. The first-order valence-corrected chi connectivity index (χ1v) is 14.1. The van der Waals surface area contributed by atoms with E-state index in [0.717, 1.165) is 54.2 Å². The summed E-state index contributed by atoms with van der Waals surface area (Å²) in [4.78, 5) is 28.4. The van der Waals surface area contributed by atoms with E-state index < -0.39 is 0 Å². The van der Waals surface area contributed by atoms with Gasteiger partial charge in [-0.1, -0.05) is 74.9 Å². The number of allylic oxidation sites excluding steroid dienone is 4. The van der Waals surface area contributed by atoms with Gasteiger partial charge in [0, 0.05) is 24.0 Å². The number of H-pyrrole nitrogens is 1. The number of nitrogens with two attached hydrogens (primary N) is 1. The van der Waals surface area contributed by atoms with E-state index >= 15 is 0 Å². The highest BCUT2D eigenvalue weighted by molar-refractivity contribution is 5.97. The topological polar surface area (TPSA) is 116 Å². The lowest BCUT2D eigenvalue weighted by atomic mass is 10.1. The van der Waals surface area contributed by atoms with Crippen molar-refractivity contribution >= 4 is 30.3 Å². The number of aromatic amines is 1. The average molecular weight is 547 g/mol. The van der Waals surface area contributed by atoms with Gasteiger partial charge in [-0.05, 0) is 63.7 Å². The van der Waals surface area contributed by atoms with Crippen LogP contribution in [0, 0.1) is 0 Å². The summed E-state index contributed by atoms with van der Waals surface area (Å²) in [7, 11) is 0. The molecule has 0 aliphatic carbocycles. The molecule has 2 aromatic rings. The van der Waals surface area contributed by atoms with Crippen LogP contribution in [0.5, 0.6) is 0 Å². The van der Waals surface area contributed by atoms with Crippen LogP contribution < -0.4 is 26.9 Å². The van der Waals surface area contributed by atoms with E-state index in [1.165, 1.54) is 5.56 Å². The fourth-order valence-corrected chi connectivity index (χ4v) is 4.05. The van der Waals surface area contributed by atoms with Crippen molar-refractivity contribution in [3.05, 3.63) is 81.2 Å². The lowest BCUT2D eigenvalue weighted by molar-refractivity contribution is -0.131. The second-order valence-corrected chi connectivity index (χ2v) is 9.87. The summed E-state index contributed by atoms with van der Waals surface area (Å²) in [5, 5.41) is 14.5. The van der Waals surface area contributed by atoms with Gasteiger partial charge < -0.3 is 21.3 Å². The predicted molar refractivity (Wildman–Crippen MR) is 165 cm³/mol. The summed E-state index contributed by atoms with van der Waals surface area (Å²) in [5.74, 6) is -0.0400. The maximum Gasteiger partial charge on any atom is 0.274 e. The van der Waals surface area contributed by atoms with E-state index in [2.05, 4.69) is 46.5 Å². The summed E-state index contributed by atoms with van der Waals surface area (Å²) in [6.45, 7) is 14.7. The smallest absolute Gasteiger partial charge is 0.274 e. The number of aromatic nitrogens is 2. The van der Waals surface area contributed by atoms with E-state index in [4.69, 9.17) is 5.73 Å². The Balaban J connectivity index is 2.15. The second kappa shape index (κ2) is 16.8. The fourth-order valence-electron chi connectivity index (χ4n) is 4.05. The molecule has 40 heavy (non-hydrogen) atoms. The summed E-state index contributed by atoms with van der Waals surface area (Å²) in [5.41, 5.74) is 10.4. The van der Waals surface area contributed by atoms with Gasteiger partial charge in [0.05, 0.1) is 11.0 Å². The number of carbonyl (C=O) groups is 2. The van der Waals surface area contributed by atoms with E-state index in [0.29, 0.717) is 30.0 Å². The maximum atomic E-state index is 13.7. The minimum absolute atomic E-state index is 0.0711. The summed E-state index contributed by atoms with van der Waals surface area (Å²) in [6, 6.07) is 10.2. The Bertz CT molecular complexity index is 1320. The number of nitrogens with zero attached hydrogens (tertiary/aromatic N) is 2. The van der Waals surface area contributed by atoms with Crippen molar-refractivity contribution < 1.29 is 9.59 Å². The van der Waals surface area contributed by atoms with Gasteiger partial charge in [0.1, 0.15) is 6.54 Å². The lowest BCUT2D eigenvalue weighted by Gasteiger charge is -2.26. The van der Waals surface area contributed by atoms with Gasteiger partial charge in [-0.3, -0.25) is 14.7 Å². The quantitative estimate of drug-likeness (QED) is 0.254. The molecule has 2 rings (SSSR count). The van der Waals surface area contributed by atoms with Crippen LogP contribution >= 0.6 is 0 Å². The van der Waals surface area contributed by atoms with Crippen molar-refractivity contribution in [2.45, 2.75) is 66.7 Å². The summed E-state index contributed by atoms with van der Waals surface area (Å²) >= 11 is 0. The van der Waals surface area contributed by atoms with Gasteiger partial charge in [0.15, 0.2) is 5.82 Å². The molecule has 5 N–H and O–H groups in total. The molecule has 216 valence electrons. The number of amides is 2. The molecule has 0 aliphatic heterocycles. The molecule has 8 nitrogen and oxygen atoms in total. The number of benzene rings is 1. The first-order chi connectivity index (χ1) is 19.2. The van der Waals surface area contributed by atoms with Crippen LogP contribution in [0.15, 0.2) is 65.0 Å². The Kier molecular flexibility index (Phi) is 13.5. The number of rotatable bonds is 15. The Morgan fingerprint density at radius 1 is 1.15 bits per heavy atom. The SMILES string of the molecule is C=c1[nH]nc(N)/c1=C/C=C(\CCCC)CNC(=O)CN(C(=O)/C(NCCc1ccccc1)=C(\C)CC)/C(C)=C\C. The van der Waals surface area contributed by atoms with Crippen LogP contribution in [0.2, 0.25) is 0 Å². The van der Waals surface area contributed by atoms with Gasteiger partial charge in [-0.15, -0.1) is 0 Å². The molecule has 0 radical (unpaired) electrons. The van der Waals surface area contributed by atoms with Crippen molar-refractivity contribution in [3.63, 3.8) is 0 Å². The lowest BCUT2D eigenvalue weighted by Crippen LogP contribution is -2.43. The van der Waals surface area contributed by atoms with Gasteiger partial charge in [0.25, 0.3) is 5.91 Å². The van der Waals surface area contributed by atoms with Crippen molar-refractivity contribution in [2.24, 2.45) is 0 Å². The number of hydrogen-bond acceptors (Lipinski definition) is 5. The molecule has 1 aromatic carbocycles. The number of unbranched alkanes of at least 4 members (excludes halogenated alkanes) is 1. The number of hydrogen-bond donors (Lipinski definition) is 4. The highest BCUT2D eigenvalue weighted by Crippen LogP contribution is 2.14. The van der Waals surface area contributed by atoms with Crippen molar-refractivity contribution in [1.29, 1.82) is 0 Å². The van der Waals surface area contributed by atoms with Crippen LogP contribution in [0.3, 0.4) is 0 Å². The molecule has 0 saturated carbocycles. The Labute approximate surface area is 238 Å². The van der Waals surface area contributed by atoms with Crippen LogP contribution in [0.1, 0.15) is 65.9 Å². The number of nitrogens with one attached hydrogen (secondary N) is 3. The van der Waals surface area contributed by atoms with Crippen LogP contribution in [-0.2, 0) is 16.0 Å². The zero-order valence-corrected chi connectivity index (χ0v) is 24.8. The molecular formula is C32H46N6O2. The largest absolute Gasteiger partial charge is 0.382 e. The molecule has 0 saturated heterocycles. The van der Waals surface area contributed by atoms with E-state index in [1.807, 2.05) is 64.1 Å². The van der Waals surface area contributed by atoms with Crippen LogP contribution in [-0.4, -0.2) is 46.5 Å². The first kappa shape index (κ1) is 32.1. The van der Waals surface area contributed by atoms with Gasteiger partial charge >= 0.3 is 0 Å². The van der Waals surface area contributed by atoms with Crippen LogP contribution in [0.4, 0.5) is 5.82 Å². The third-order valence-corrected chi connectivity index (χ3v) is 6.88. The molecule has 1 aromatic heterocycles. The molecule has 0 atom stereocenters. The number of nitrogen functional groups attached to an aromatic ring is 1. The van der Waals surface area contributed by atoms with E-state index in [9.17, 15) is 9.59 Å². The van der Waals surface area contributed by atoms with Crippen LogP contribution in [0.25, 0.3) is 12.7 Å². The number of anilines is 1. The second-order valence-electron chi connectivity index (χ2n) is 9.87. The number of carbonyl (C=O) groups excluding carboxylic acids is 2. The third-order valence-electron chi connectivity index (χ3n) is 6.88. The molecule has 0 aliphatic rings. The Morgan fingerprint density at radius 2 is 1.88 bits per heavy atom. The Morgan fingerprint density at radius 3 is 2.48 bits per heavy atom. The zero-order valence-electron chi connectivity index (χ0n) is 24.8. The highest BCUT2D eigenvalue weighted by Gasteiger charge is 2.23. The fraction of sp³-hybridized carbons (Fsp3) is 0.406. The summed E-state index contributed by atoms with van der Waals surface area (Å²) in [6.07, 6.45) is 10.1. The molecular weight excluding hydrogens is 500 g/mol. The average Bonchev–Trinajstić information content (AvgIpc) is 3.29. The Hall–Kier alpha value is -4.07. The normalized spacial score (nSPS) is 13.2. The molecule has 0 bridgehead atoms. The van der Waals surface area contributed by atoms with Crippen molar-refractivity contribution in [3.8, 4) is 0 Å². The van der Waals surface area contributed by atoms with Gasteiger partial charge in [0.2, 0.25) is 5.91 Å². The van der Waals surface area contributed by atoms with Gasteiger partial charge in [-0.2, -0.15) is 5.10 Å². The maximum absolute atomic E-state index is 13.7. The zero-order chi connectivity index (χ0) is 29.5. The molecule has 0 spiro atoms. The summed E-state index contributed by atoms with van der Waals surface area (Å²) < 4.78 is 0. The van der Waals surface area contributed by atoms with E-state index in [-0.39, 0.29) is 18.4 Å². The van der Waals surface area contributed by atoms with Gasteiger partial charge in [-0.25, -0.2) is 0 Å². The van der Waals surface area contributed by atoms with Crippen molar-refractivity contribution in [2.75, 3.05) is 25.4 Å². The minimum Gasteiger partial charge on any atom is -0.382 e. The third kappa shape index (κ3) is 9.91.